The minimum atomic E-state index is 0.458. The Morgan fingerprint density at radius 2 is 1.97 bits per heavy atom. The van der Waals surface area contributed by atoms with Crippen molar-refractivity contribution in [1.82, 2.24) is 24.9 Å². The Morgan fingerprint density at radius 1 is 1.09 bits per heavy atom. The van der Waals surface area contributed by atoms with Crippen molar-refractivity contribution in [3.8, 4) is 22.9 Å². The lowest BCUT2D eigenvalue weighted by atomic mass is 10.2. The van der Waals surface area contributed by atoms with Gasteiger partial charge in [0.15, 0.2) is 5.16 Å². The summed E-state index contributed by atoms with van der Waals surface area (Å²) in [5.41, 5.74) is 0.732. The fourth-order valence-electron chi connectivity index (χ4n) is 3.77. The Labute approximate surface area is 194 Å². The molecule has 1 aromatic carbocycles. The first-order chi connectivity index (χ1) is 16.2. The maximum atomic E-state index is 5.57. The Bertz CT molecular complexity index is 1200. The second kappa shape index (κ2) is 9.57. The highest BCUT2D eigenvalue weighted by Gasteiger charge is 2.23. The van der Waals surface area contributed by atoms with Crippen molar-refractivity contribution in [2.45, 2.75) is 30.3 Å². The maximum absolute atomic E-state index is 5.57. The quantitative estimate of drug-likeness (QED) is 0.336. The summed E-state index contributed by atoms with van der Waals surface area (Å²) in [5, 5.41) is 13.8. The van der Waals surface area contributed by atoms with Crippen LogP contribution in [0.1, 0.15) is 24.5 Å². The van der Waals surface area contributed by atoms with Crippen molar-refractivity contribution in [2.75, 3.05) is 32.2 Å². The molecule has 0 atom stereocenters. The molecule has 3 aromatic heterocycles. The van der Waals surface area contributed by atoms with Gasteiger partial charge in [0.25, 0.3) is 0 Å². The predicted molar refractivity (Wildman–Crippen MR) is 122 cm³/mol. The second-order valence-electron chi connectivity index (χ2n) is 7.51. The van der Waals surface area contributed by atoms with E-state index in [1.807, 2.05) is 24.3 Å². The Morgan fingerprint density at radius 3 is 2.73 bits per heavy atom. The van der Waals surface area contributed by atoms with Gasteiger partial charge in [0.1, 0.15) is 17.3 Å². The Balaban J connectivity index is 1.34. The van der Waals surface area contributed by atoms with E-state index in [9.17, 15) is 0 Å². The molecule has 5 rings (SSSR count). The lowest BCUT2D eigenvalue weighted by Gasteiger charge is -2.17. The number of nitrogens with zero attached hydrogens (tertiary/aromatic N) is 6. The molecule has 4 aromatic rings. The molecule has 0 amide bonds. The molecule has 0 spiro atoms. The summed E-state index contributed by atoms with van der Waals surface area (Å²) in [4.78, 5) is 6.81. The number of thioether (sulfide) groups is 1. The third-order valence-electron chi connectivity index (χ3n) is 5.42. The number of anilines is 1. The van der Waals surface area contributed by atoms with Gasteiger partial charge in [0, 0.05) is 19.2 Å². The summed E-state index contributed by atoms with van der Waals surface area (Å²) in [6.45, 7) is 2.53. The minimum absolute atomic E-state index is 0.458. The average molecular weight is 469 g/mol. The zero-order chi connectivity index (χ0) is 22.6. The lowest BCUT2D eigenvalue weighted by molar-refractivity contribution is 0.388. The molecular weight excluding hydrogens is 444 g/mol. The Kier molecular flexibility index (Phi) is 6.20. The van der Waals surface area contributed by atoms with Gasteiger partial charge in [-0.2, -0.15) is 4.98 Å². The molecule has 1 aliphatic rings. The summed E-state index contributed by atoms with van der Waals surface area (Å²) in [6.07, 6.45) is 4.00. The zero-order valence-electron chi connectivity index (χ0n) is 18.4. The van der Waals surface area contributed by atoms with Gasteiger partial charge >= 0.3 is 0 Å². The summed E-state index contributed by atoms with van der Waals surface area (Å²) in [6, 6.07) is 9.31. The van der Waals surface area contributed by atoms with Crippen molar-refractivity contribution < 1.29 is 18.4 Å². The molecule has 0 unspecified atom stereocenters. The number of methoxy groups -OCH3 is 2. The van der Waals surface area contributed by atoms with Crippen LogP contribution >= 0.6 is 11.8 Å². The topological polar surface area (TPSA) is 104 Å². The molecule has 4 heterocycles. The molecule has 0 aliphatic carbocycles. The van der Waals surface area contributed by atoms with E-state index in [0.29, 0.717) is 35.5 Å². The van der Waals surface area contributed by atoms with E-state index in [1.165, 1.54) is 11.8 Å². The van der Waals surface area contributed by atoms with E-state index >= 15 is 0 Å². The average Bonchev–Trinajstić information content (AvgIpc) is 3.65. The molecule has 1 aliphatic heterocycles. The van der Waals surface area contributed by atoms with Crippen molar-refractivity contribution in [2.24, 2.45) is 0 Å². The van der Waals surface area contributed by atoms with Crippen molar-refractivity contribution >= 4 is 17.7 Å². The summed E-state index contributed by atoms with van der Waals surface area (Å²) >= 11 is 1.50. The normalized spacial score (nSPS) is 13.6. The number of ether oxygens (including phenoxy) is 2. The summed E-state index contributed by atoms with van der Waals surface area (Å²) < 4.78 is 23.9. The van der Waals surface area contributed by atoms with Crippen molar-refractivity contribution in [1.29, 1.82) is 0 Å². The molecule has 11 heteroatoms. The van der Waals surface area contributed by atoms with Crippen molar-refractivity contribution in [3.05, 3.63) is 48.2 Å². The van der Waals surface area contributed by atoms with Gasteiger partial charge in [0.05, 0.1) is 38.3 Å². The van der Waals surface area contributed by atoms with E-state index in [-0.39, 0.29) is 0 Å². The van der Waals surface area contributed by atoms with Crippen LogP contribution in [-0.2, 0) is 12.3 Å². The van der Waals surface area contributed by atoms with E-state index in [0.717, 1.165) is 48.4 Å². The van der Waals surface area contributed by atoms with Gasteiger partial charge in [-0.15, -0.1) is 10.2 Å². The molecule has 33 heavy (non-hydrogen) atoms. The van der Waals surface area contributed by atoms with Crippen LogP contribution in [-0.4, -0.2) is 52.2 Å². The highest BCUT2D eigenvalue weighted by atomic mass is 32.2. The molecule has 1 saturated heterocycles. The number of benzene rings is 1. The second-order valence-corrected chi connectivity index (χ2v) is 8.45. The molecule has 0 saturated carbocycles. The van der Waals surface area contributed by atoms with Gasteiger partial charge in [-0.3, -0.25) is 4.57 Å². The number of aromatic nitrogens is 5. The third-order valence-corrected chi connectivity index (χ3v) is 6.37. The maximum Gasteiger partial charge on any atom is 0.237 e. The van der Waals surface area contributed by atoms with Crippen LogP contribution in [0.5, 0.6) is 11.5 Å². The van der Waals surface area contributed by atoms with E-state index < -0.39 is 0 Å². The molecule has 1 fully saturated rings. The standard InChI is InChI=1S/C22H24N6O4S/c1-29-15-7-8-17(18(12-15)30-2)20-23-19(32-26-20)14-33-22-25-24-21(27-9-3-4-10-27)28(22)13-16-6-5-11-31-16/h5-8,11-12H,3-4,9-10,13-14H2,1-2H3. The van der Waals surface area contributed by atoms with Crippen molar-refractivity contribution in [3.63, 3.8) is 0 Å². The molecule has 172 valence electrons. The third kappa shape index (κ3) is 4.54. The van der Waals surface area contributed by atoms with Crippen LogP contribution in [0.25, 0.3) is 11.4 Å². The summed E-state index contributed by atoms with van der Waals surface area (Å²) in [5.74, 6) is 4.43. The number of hydrogen-bond donors (Lipinski definition) is 0. The molecule has 0 bridgehead atoms. The minimum Gasteiger partial charge on any atom is -0.497 e. The highest BCUT2D eigenvalue weighted by Crippen LogP contribution is 2.33. The van der Waals surface area contributed by atoms with Crippen LogP contribution in [0.2, 0.25) is 0 Å². The smallest absolute Gasteiger partial charge is 0.237 e. The SMILES string of the molecule is COc1ccc(-c2noc(CSc3nnc(N4CCCC4)n3Cc3ccco3)n2)c(OC)c1. The highest BCUT2D eigenvalue weighted by molar-refractivity contribution is 7.98. The van der Waals surface area contributed by atoms with Crippen LogP contribution < -0.4 is 14.4 Å². The van der Waals surface area contributed by atoms with Gasteiger partial charge in [-0.1, -0.05) is 16.9 Å². The zero-order valence-corrected chi connectivity index (χ0v) is 19.2. The fraction of sp³-hybridized carbons (Fsp3) is 0.364. The molecule has 0 N–H and O–H groups in total. The largest absolute Gasteiger partial charge is 0.497 e. The molecule has 0 radical (unpaired) electrons. The predicted octanol–water partition coefficient (Wildman–Crippen LogP) is 3.88. The van der Waals surface area contributed by atoms with E-state index in [1.54, 1.807) is 26.5 Å². The van der Waals surface area contributed by atoms with E-state index in [2.05, 4.69) is 29.8 Å². The first kappa shape index (κ1) is 21.4. The molecule has 10 nitrogen and oxygen atoms in total. The van der Waals surface area contributed by atoms with Gasteiger partial charge < -0.3 is 23.3 Å². The van der Waals surface area contributed by atoms with Gasteiger partial charge in [-0.25, -0.2) is 0 Å². The first-order valence-corrected chi connectivity index (χ1v) is 11.6. The number of hydrogen-bond acceptors (Lipinski definition) is 10. The Hall–Kier alpha value is -3.47. The summed E-state index contributed by atoms with van der Waals surface area (Å²) in [7, 11) is 3.21. The number of furan rings is 1. The van der Waals surface area contributed by atoms with Gasteiger partial charge in [0.2, 0.25) is 17.7 Å². The lowest BCUT2D eigenvalue weighted by Crippen LogP contribution is -2.22. The monoisotopic (exact) mass is 468 g/mol. The van der Waals surface area contributed by atoms with Crippen LogP contribution in [0, 0.1) is 0 Å². The van der Waals surface area contributed by atoms with Crippen LogP contribution in [0.15, 0.2) is 50.7 Å². The fourth-order valence-corrected chi connectivity index (χ4v) is 4.54. The number of rotatable bonds is 9. The first-order valence-electron chi connectivity index (χ1n) is 10.6. The molecular formula is C22H24N6O4S. The van der Waals surface area contributed by atoms with Crippen LogP contribution in [0.3, 0.4) is 0 Å². The van der Waals surface area contributed by atoms with Crippen LogP contribution in [0.4, 0.5) is 5.95 Å². The van der Waals surface area contributed by atoms with Gasteiger partial charge in [-0.05, 0) is 37.1 Å². The van der Waals surface area contributed by atoms with E-state index in [4.69, 9.17) is 18.4 Å².